The summed E-state index contributed by atoms with van der Waals surface area (Å²) in [7, 11) is 3.49. The molecule has 2 aliphatic rings. The highest BCUT2D eigenvalue weighted by molar-refractivity contribution is 5.94. The fraction of sp³-hybridized carbons (Fsp3) is 0.444. The van der Waals surface area contributed by atoms with Crippen LogP contribution in [0.15, 0.2) is 41.5 Å². The van der Waals surface area contributed by atoms with Gasteiger partial charge in [0.05, 0.1) is 0 Å². The summed E-state index contributed by atoms with van der Waals surface area (Å²) in [5, 5.41) is 2.95. The minimum atomic E-state index is 0.436. The quantitative estimate of drug-likeness (QED) is 0.460. The van der Waals surface area contributed by atoms with Crippen LogP contribution in [0.3, 0.4) is 0 Å². The number of rotatable bonds is 6. The smallest absolute Gasteiger partial charge is 0.218 e. The summed E-state index contributed by atoms with van der Waals surface area (Å²) in [5.41, 5.74) is 8.08. The first-order valence-corrected chi connectivity index (χ1v) is 8.29. The Kier molecular flexibility index (Phi) is 4.97. The Morgan fingerprint density at radius 3 is 2.58 bits per heavy atom. The van der Waals surface area contributed by atoms with Crippen LogP contribution >= 0.6 is 0 Å². The van der Waals surface area contributed by atoms with Crippen LogP contribution in [0.25, 0.3) is 0 Å². The van der Waals surface area contributed by atoms with Crippen molar-refractivity contribution >= 4 is 17.9 Å². The number of likely N-dealkylation sites (tertiary alicyclic amines) is 1. The van der Waals surface area contributed by atoms with Crippen molar-refractivity contribution in [1.82, 2.24) is 10.2 Å². The van der Waals surface area contributed by atoms with Gasteiger partial charge in [-0.3, -0.25) is 19.6 Å². The molecule has 128 valence electrons. The van der Waals surface area contributed by atoms with Gasteiger partial charge in [0.1, 0.15) is 5.84 Å². The molecule has 2 unspecified atom stereocenters. The van der Waals surface area contributed by atoms with E-state index >= 15 is 0 Å². The Bertz CT molecular complexity index is 627. The highest BCUT2D eigenvalue weighted by Crippen LogP contribution is 2.44. The van der Waals surface area contributed by atoms with Gasteiger partial charge in [0, 0.05) is 51.7 Å². The second kappa shape index (κ2) is 7.15. The number of hydrogen-bond donors (Lipinski definition) is 2. The molecule has 1 saturated carbocycles. The van der Waals surface area contributed by atoms with Gasteiger partial charge in [-0.25, -0.2) is 0 Å². The van der Waals surface area contributed by atoms with Crippen LogP contribution in [0.1, 0.15) is 5.56 Å². The van der Waals surface area contributed by atoms with E-state index in [0.29, 0.717) is 23.7 Å². The van der Waals surface area contributed by atoms with E-state index in [4.69, 9.17) is 5.73 Å². The summed E-state index contributed by atoms with van der Waals surface area (Å²) in [6.45, 7) is 3.17. The zero-order valence-electron chi connectivity index (χ0n) is 14.2. The van der Waals surface area contributed by atoms with Gasteiger partial charge < -0.3 is 11.1 Å². The molecule has 24 heavy (non-hydrogen) atoms. The fourth-order valence-electron chi connectivity index (χ4n) is 3.42. The minimum Gasteiger partial charge on any atom is -0.373 e. The number of carbonyl (C=O) groups excluding carboxylic acids is 1. The van der Waals surface area contributed by atoms with Gasteiger partial charge in [-0.1, -0.05) is 12.1 Å². The molecule has 1 amide bonds. The number of nitrogens with one attached hydrogen (secondary N) is 1. The number of amidine groups is 1. The highest BCUT2D eigenvalue weighted by atomic mass is 16.1. The van der Waals surface area contributed by atoms with Crippen molar-refractivity contribution in [3.63, 3.8) is 0 Å². The topological polar surface area (TPSA) is 74.0 Å². The number of hydrogen-bond acceptors (Lipinski definition) is 4. The number of nitrogens with zero attached hydrogens (tertiary/aromatic N) is 3. The number of piperidine rings is 1. The molecule has 6 nitrogen and oxygen atoms in total. The number of nitrogens with two attached hydrogens (primary N) is 1. The number of amides is 1. The van der Waals surface area contributed by atoms with Crippen LogP contribution in [-0.2, 0) is 11.3 Å². The standard InChI is InChI=1S/C18H25N5O/c1-20-17(21-2)7-8-23(12-24)14-5-3-13(4-6-14)9-22-10-15-16(11-22)18(15)19/h3-8,12,15-16,18H,9-11,19H2,1-2H3,(H,20,21)/b8-7-. The van der Waals surface area contributed by atoms with Gasteiger partial charge in [-0.2, -0.15) is 0 Å². The van der Waals surface area contributed by atoms with Crippen molar-refractivity contribution < 1.29 is 4.79 Å². The molecule has 1 aromatic rings. The lowest BCUT2D eigenvalue weighted by Gasteiger charge is -2.19. The molecule has 1 aliphatic carbocycles. The highest BCUT2D eigenvalue weighted by Gasteiger charge is 2.53. The third kappa shape index (κ3) is 3.49. The molecule has 0 aromatic heterocycles. The Morgan fingerprint density at radius 2 is 2.04 bits per heavy atom. The molecular formula is C18H25N5O. The van der Waals surface area contributed by atoms with Gasteiger partial charge in [0.2, 0.25) is 6.41 Å². The van der Waals surface area contributed by atoms with E-state index in [1.54, 1.807) is 26.4 Å². The lowest BCUT2D eigenvalue weighted by molar-refractivity contribution is -0.106. The summed E-state index contributed by atoms with van der Waals surface area (Å²) in [6, 6.07) is 8.54. The first-order chi connectivity index (χ1) is 11.7. The molecule has 0 bridgehead atoms. The van der Waals surface area contributed by atoms with E-state index in [9.17, 15) is 4.79 Å². The summed E-state index contributed by atoms with van der Waals surface area (Å²) in [4.78, 5) is 19.4. The Hall–Kier alpha value is -2.18. The Balaban J connectivity index is 1.59. The third-order valence-electron chi connectivity index (χ3n) is 4.98. The van der Waals surface area contributed by atoms with Crippen LogP contribution in [0.4, 0.5) is 5.69 Å². The Labute approximate surface area is 143 Å². The lowest BCUT2D eigenvalue weighted by Crippen LogP contribution is -2.27. The summed E-state index contributed by atoms with van der Waals surface area (Å²) < 4.78 is 0. The summed E-state index contributed by atoms with van der Waals surface area (Å²) >= 11 is 0. The van der Waals surface area contributed by atoms with Crippen molar-refractivity contribution in [2.45, 2.75) is 12.6 Å². The van der Waals surface area contributed by atoms with Crippen molar-refractivity contribution in [2.75, 3.05) is 32.1 Å². The molecule has 2 atom stereocenters. The van der Waals surface area contributed by atoms with Crippen LogP contribution in [-0.4, -0.2) is 50.4 Å². The second-order valence-corrected chi connectivity index (χ2v) is 6.45. The van der Waals surface area contributed by atoms with Gasteiger partial charge in [-0.15, -0.1) is 0 Å². The van der Waals surface area contributed by atoms with Gasteiger partial charge >= 0.3 is 0 Å². The van der Waals surface area contributed by atoms with Crippen LogP contribution in [0.2, 0.25) is 0 Å². The predicted molar refractivity (Wildman–Crippen MR) is 96.8 cm³/mol. The van der Waals surface area contributed by atoms with Gasteiger partial charge in [0.15, 0.2) is 0 Å². The molecule has 1 saturated heterocycles. The minimum absolute atomic E-state index is 0.436. The van der Waals surface area contributed by atoms with Crippen LogP contribution in [0.5, 0.6) is 0 Å². The molecule has 1 heterocycles. The number of benzene rings is 1. The fourth-order valence-corrected chi connectivity index (χ4v) is 3.42. The molecule has 1 aliphatic heterocycles. The van der Waals surface area contributed by atoms with Crippen LogP contribution in [0, 0.1) is 11.8 Å². The largest absolute Gasteiger partial charge is 0.373 e. The average Bonchev–Trinajstić information content (AvgIpc) is 3.01. The van der Waals surface area contributed by atoms with Gasteiger partial charge in [-0.05, 0) is 35.6 Å². The number of aliphatic imine (C=N–C) groups is 1. The van der Waals surface area contributed by atoms with Crippen LogP contribution < -0.4 is 16.0 Å². The van der Waals surface area contributed by atoms with Crippen molar-refractivity contribution in [2.24, 2.45) is 22.6 Å². The van der Waals surface area contributed by atoms with Crippen molar-refractivity contribution in [3.8, 4) is 0 Å². The maximum atomic E-state index is 11.3. The molecule has 6 heteroatoms. The number of anilines is 1. The molecule has 3 N–H and O–H groups in total. The van der Waals surface area contributed by atoms with E-state index in [2.05, 4.69) is 27.3 Å². The molecule has 0 spiro atoms. The summed E-state index contributed by atoms with van der Waals surface area (Å²) in [5.74, 6) is 2.13. The second-order valence-electron chi connectivity index (χ2n) is 6.45. The summed E-state index contributed by atoms with van der Waals surface area (Å²) in [6.07, 6.45) is 4.27. The number of fused-ring (bicyclic) bond motifs is 1. The third-order valence-corrected chi connectivity index (χ3v) is 4.98. The number of carbonyl (C=O) groups is 1. The van der Waals surface area contributed by atoms with E-state index in [0.717, 1.165) is 31.7 Å². The zero-order chi connectivity index (χ0) is 17.1. The predicted octanol–water partition coefficient (Wildman–Crippen LogP) is 0.800. The SMILES string of the molecule is CN=C(/C=C\N(C=O)c1ccc(CN2CC3C(N)C3C2)cc1)NC. The Morgan fingerprint density at radius 1 is 1.38 bits per heavy atom. The van der Waals surface area contributed by atoms with E-state index in [1.165, 1.54) is 10.5 Å². The first-order valence-electron chi connectivity index (χ1n) is 8.29. The van der Waals surface area contributed by atoms with Crippen molar-refractivity contribution in [3.05, 3.63) is 42.1 Å². The molecule has 3 rings (SSSR count). The maximum Gasteiger partial charge on any atom is 0.218 e. The van der Waals surface area contributed by atoms with E-state index in [-0.39, 0.29) is 0 Å². The molecule has 2 fully saturated rings. The molecule has 0 radical (unpaired) electrons. The molecule has 1 aromatic carbocycles. The normalized spacial score (nSPS) is 26.5. The lowest BCUT2D eigenvalue weighted by atomic mass is 10.2. The average molecular weight is 327 g/mol. The van der Waals surface area contributed by atoms with Gasteiger partial charge in [0.25, 0.3) is 0 Å². The maximum absolute atomic E-state index is 11.3. The first kappa shape index (κ1) is 16.7. The van der Waals surface area contributed by atoms with E-state index in [1.807, 2.05) is 12.1 Å². The zero-order valence-corrected chi connectivity index (χ0v) is 14.2. The van der Waals surface area contributed by atoms with E-state index < -0.39 is 0 Å². The molecular weight excluding hydrogens is 302 g/mol. The monoisotopic (exact) mass is 327 g/mol. The number of likely N-dealkylation sites (N-methyl/N-ethyl adjacent to an activating group) is 1. The van der Waals surface area contributed by atoms with Crippen molar-refractivity contribution in [1.29, 1.82) is 0 Å².